The predicted octanol–water partition coefficient (Wildman–Crippen LogP) is 4.91. The molecule has 186 valence electrons. The number of fused-ring (bicyclic) bond motifs is 1. The number of amides is 1. The highest BCUT2D eigenvalue weighted by Crippen LogP contribution is 2.34. The Bertz CT molecular complexity index is 1290. The van der Waals surface area contributed by atoms with E-state index in [0.717, 1.165) is 66.5 Å². The van der Waals surface area contributed by atoms with Crippen molar-refractivity contribution >= 4 is 34.0 Å². The lowest BCUT2D eigenvalue weighted by atomic mass is 10.0. The van der Waals surface area contributed by atoms with Gasteiger partial charge in [0.25, 0.3) is 0 Å². The van der Waals surface area contributed by atoms with Crippen LogP contribution in [0.15, 0.2) is 60.7 Å². The predicted molar refractivity (Wildman–Crippen MR) is 144 cm³/mol. The van der Waals surface area contributed by atoms with Crippen LogP contribution in [0.4, 0.5) is 5.69 Å². The molecule has 0 aromatic heterocycles. The third kappa shape index (κ3) is 5.35. The largest absolute Gasteiger partial charge is 0.490 e. The van der Waals surface area contributed by atoms with Gasteiger partial charge in [-0.05, 0) is 72.5 Å². The fourth-order valence-corrected chi connectivity index (χ4v) is 4.80. The van der Waals surface area contributed by atoms with Crippen molar-refractivity contribution in [1.82, 2.24) is 4.90 Å². The van der Waals surface area contributed by atoms with E-state index in [1.54, 1.807) is 0 Å². The maximum absolute atomic E-state index is 13.2. The van der Waals surface area contributed by atoms with Crippen molar-refractivity contribution in [3.63, 3.8) is 0 Å². The molecule has 3 aromatic rings. The molecular formula is C29H33N5O2. The molecule has 0 atom stereocenters. The number of nitrogens with one attached hydrogen (secondary N) is 2. The van der Waals surface area contributed by atoms with Crippen molar-refractivity contribution in [2.24, 2.45) is 11.7 Å². The molecular weight excluding hydrogens is 450 g/mol. The minimum Gasteiger partial charge on any atom is -0.490 e. The molecule has 36 heavy (non-hydrogen) atoms. The highest BCUT2D eigenvalue weighted by molar-refractivity contribution is 5.99. The van der Waals surface area contributed by atoms with Gasteiger partial charge in [0.2, 0.25) is 5.91 Å². The van der Waals surface area contributed by atoms with E-state index in [1.165, 1.54) is 0 Å². The second-order valence-corrected chi connectivity index (χ2v) is 9.89. The number of amidine groups is 2. The first-order chi connectivity index (χ1) is 17.4. The average Bonchev–Trinajstić information content (AvgIpc) is 3.73. The Balaban J connectivity index is 1.32. The van der Waals surface area contributed by atoms with Crippen molar-refractivity contribution in [2.45, 2.75) is 45.3 Å². The van der Waals surface area contributed by atoms with Crippen LogP contribution in [0, 0.1) is 16.7 Å². The number of ether oxygens (including phenoxy) is 1. The molecule has 2 fully saturated rings. The number of hydrogen-bond acceptors (Lipinski definition) is 4. The zero-order valence-corrected chi connectivity index (χ0v) is 20.7. The van der Waals surface area contributed by atoms with E-state index in [2.05, 4.69) is 23.1 Å². The fraction of sp³-hybridized carbons (Fsp3) is 0.345. The third-order valence-corrected chi connectivity index (χ3v) is 7.12. The van der Waals surface area contributed by atoms with Crippen LogP contribution in [0.1, 0.15) is 43.7 Å². The van der Waals surface area contributed by atoms with Crippen molar-refractivity contribution in [1.29, 1.82) is 10.8 Å². The van der Waals surface area contributed by atoms with Crippen LogP contribution < -0.4 is 15.4 Å². The second kappa shape index (κ2) is 10.0. The highest BCUT2D eigenvalue weighted by Gasteiger charge is 2.34. The van der Waals surface area contributed by atoms with Crippen LogP contribution in [0.25, 0.3) is 10.8 Å². The van der Waals surface area contributed by atoms with Crippen LogP contribution in [-0.4, -0.2) is 41.7 Å². The lowest BCUT2D eigenvalue weighted by Crippen LogP contribution is -2.40. The Morgan fingerprint density at radius 3 is 2.31 bits per heavy atom. The fourth-order valence-electron chi connectivity index (χ4n) is 4.80. The maximum atomic E-state index is 13.2. The lowest BCUT2D eigenvalue weighted by molar-refractivity contribution is -0.119. The number of carbonyl (C=O) groups is 1. The van der Waals surface area contributed by atoms with Gasteiger partial charge in [-0.15, -0.1) is 0 Å². The van der Waals surface area contributed by atoms with Crippen LogP contribution in [-0.2, 0) is 11.3 Å². The molecule has 1 heterocycles. The highest BCUT2D eigenvalue weighted by atomic mass is 16.5. The summed E-state index contributed by atoms with van der Waals surface area (Å²) in [6, 6.07) is 19.8. The van der Waals surface area contributed by atoms with Crippen LogP contribution in [0.2, 0.25) is 0 Å². The quantitative estimate of drug-likeness (QED) is 0.328. The summed E-state index contributed by atoms with van der Waals surface area (Å²) >= 11 is 0. The van der Waals surface area contributed by atoms with E-state index in [9.17, 15) is 4.79 Å². The van der Waals surface area contributed by atoms with E-state index >= 15 is 0 Å². The second-order valence-electron chi connectivity index (χ2n) is 9.89. The smallest absolute Gasteiger partial charge is 0.230 e. The molecule has 0 unspecified atom stereocenters. The van der Waals surface area contributed by atoms with Gasteiger partial charge in [0.15, 0.2) is 0 Å². The number of likely N-dealkylation sites (tertiary alicyclic amines) is 1. The summed E-state index contributed by atoms with van der Waals surface area (Å²) in [5, 5.41) is 17.6. The minimum absolute atomic E-state index is 0.0468. The van der Waals surface area contributed by atoms with Gasteiger partial charge in [0.1, 0.15) is 17.7 Å². The van der Waals surface area contributed by atoms with E-state index in [4.69, 9.17) is 21.3 Å². The number of benzene rings is 3. The van der Waals surface area contributed by atoms with Gasteiger partial charge >= 0.3 is 0 Å². The molecule has 1 aliphatic carbocycles. The summed E-state index contributed by atoms with van der Waals surface area (Å²) in [6.45, 7) is 4.01. The molecule has 3 aromatic carbocycles. The number of hydrogen-bond donors (Lipinski definition) is 3. The van der Waals surface area contributed by atoms with Crippen molar-refractivity contribution in [2.75, 3.05) is 18.0 Å². The normalized spacial score (nSPS) is 16.1. The molecule has 0 radical (unpaired) electrons. The molecule has 0 spiro atoms. The van der Waals surface area contributed by atoms with Gasteiger partial charge in [-0.25, -0.2) is 0 Å². The van der Waals surface area contributed by atoms with Gasteiger partial charge in [-0.1, -0.05) is 24.3 Å². The first-order valence-corrected chi connectivity index (χ1v) is 12.6. The summed E-state index contributed by atoms with van der Waals surface area (Å²) in [4.78, 5) is 17.2. The van der Waals surface area contributed by atoms with Crippen molar-refractivity contribution < 1.29 is 9.53 Å². The molecule has 1 aliphatic heterocycles. The number of nitrogens with zero attached hydrogens (tertiary/aromatic N) is 2. The number of rotatable bonds is 7. The van der Waals surface area contributed by atoms with Crippen LogP contribution >= 0.6 is 0 Å². The standard InChI is InChI=1S/C29H33N5O2/c1-19(30)33-14-12-27(13-15-33)36-26-10-8-25(9-11-26)34(29(35)22-5-6-22)18-20-2-3-21-4-7-23(28(31)32)17-24(21)16-20/h2-4,7-11,16-17,22,27,30H,5-6,12-15,18H2,1H3,(H3,31,32). The van der Waals surface area contributed by atoms with Crippen molar-refractivity contribution in [3.8, 4) is 5.75 Å². The minimum atomic E-state index is 0.0468. The number of anilines is 1. The summed E-state index contributed by atoms with van der Waals surface area (Å²) in [5.41, 5.74) is 8.27. The summed E-state index contributed by atoms with van der Waals surface area (Å²) in [7, 11) is 0. The summed E-state index contributed by atoms with van der Waals surface area (Å²) < 4.78 is 6.21. The van der Waals surface area contributed by atoms with E-state index in [0.29, 0.717) is 17.9 Å². The van der Waals surface area contributed by atoms with Gasteiger partial charge < -0.3 is 20.3 Å². The Morgan fingerprint density at radius 1 is 0.972 bits per heavy atom. The Kier molecular flexibility index (Phi) is 6.63. The maximum Gasteiger partial charge on any atom is 0.230 e. The molecule has 5 rings (SSSR count). The lowest BCUT2D eigenvalue weighted by Gasteiger charge is -2.33. The van der Waals surface area contributed by atoms with E-state index < -0.39 is 0 Å². The van der Waals surface area contributed by atoms with Crippen LogP contribution in [0.3, 0.4) is 0 Å². The molecule has 1 saturated carbocycles. The van der Waals surface area contributed by atoms with E-state index in [-0.39, 0.29) is 23.8 Å². The molecule has 2 aliphatic rings. The topological polar surface area (TPSA) is 106 Å². The van der Waals surface area contributed by atoms with Crippen LogP contribution in [0.5, 0.6) is 5.75 Å². The van der Waals surface area contributed by atoms with Crippen molar-refractivity contribution in [3.05, 3.63) is 71.8 Å². The van der Waals surface area contributed by atoms with Gasteiger partial charge in [0.05, 0.1) is 12.4 Å². The summed E-state index contributed by atoms with van der Waals surface area (Å²) in [6.07, 6.45) is 3.84. The number of nitrogens with two attached hydrogens (primary N) is 1. The molecule has 1 amide bonds. The molecule has 0 bridgehead atoms. The zero-order chi connectivity index (χ0) is 25.2. The first-order valence-electron chi connectivity index (χ1n) is 12.6. The molecule has 4 N–H and O–H groups in total. The molecule has 7 heteroatoms. The zero-order valence-electron chi connectivity index (χ0n) is 20.7. The Morgan fingerprint density at radius 2 is 1.67 bits per heavy atom. The Labute approximate surface area is 211 Å². The number of carbonyl (C=O) groups excluding carboxylic acids is 1. The number of piperidine rings is 1. The van der Waals surface area contributed by atoms with Gasteiger partial charge in [0, 0.05) is 43.1 Å². The third-order valence-electron chi connectivity index (χ3n) is 7.12. The first kappa shape index (κ1) is 23.9. The average molecular weight is 484 g/mol. The van der Waals surface area contributed by atoms with Gasteiger partial charge in [-0.3, -0.25) is 15.6 Å². The molecule has 7 nitrogen and oxygen atoms in total. The van der Waals surface area contributed by atoms with E-state index in [1.807, 2.05) is 54.3 Å². The monoisotopic (exact) mass is 483 g/mol. The molecule has 1 saturated heterocycles. The number of nitrogen functional groups attached to an aromatic ring is 1. The summed E-state index contributed by atoms with van der Waals surface area (Å²) in [5.74, 6) is 1.74. The van der Waals surface area contributed by atoms with Gasteiger partial charge in [-0.2, -0.15) is 0 Å². The Hall–Kier alpha value is -3.87. The SMILES string of the molecule is CC(=N)N1CCC(Oc2ccc(N(Cc3ccc4ccc(C(=N)N)cc4c3)C(=O)C3CC3)cc2)CC1.